The van der Waals surface area contributed by atoms with Crippen LogP contribution < -0.4 is 0 Å². The lowest BCUT2D eigenvalue weighted by Gasteiger charge is -2.15. The van der Waals surface area contributed by atoms with Gasteiger partial charge in [-0.1, -0.05) is 24.3 Å². The fourth-order valence-corrected chi connectivity index (χ4v) is 1.92. The molecule has 0 aliphatic rings. The van der Waals surface area contributed by atoms with Gasteiger partial charge in [0.25, 0.3) is 0 Å². The molecule has 0 spiro atoms. The van der Waals surface area contributed by atoms with Gasteiger partial charge >= 0.3 is 12.1 Å². The van der Waals surface area contributed by atoms with Gasteiger partial charge in [0.2, 0.25) is 0 Å². The largest absolute Gasteiger partial charge is 0.478 e. The van der Waals surface area contributed by atoms with Crippen LogP contribution in [-0.2, 0) is 6.18 Å². The molecular weight excluding hydrogens is 276 g/mol. The van der Waals surface area contributed by atoms with Crippen molar-refractivity contribution in [1.29, 1.82) is 0 Å². The van der Waals surface area contributed by atoms with E-state index in [4.69, 9.17) is 5.11 Å². The summed E-state index contributed by atoms with van der Waals surface area (Å²) in [6, 6.07) is 7.42. The third-order valence-electron chi connectivity index (χ3n) is 2.75. The smallest absolute Gasteiger partial charge is 0.417 e. The lowest BCUT2D eigenvalue weighted by molar-refractivity contribution is -0.137. The Morgan fingerprint density at radius 1 is 1.00 bits per heavy atom. The highest BCUT2D eigenvalue weighted by molar-refractivity contribution is 5.96. The van der Waals surface area contributed by atoms with E-state index in [1.165, 1.54) is 6.07 Å². The minimum atomic E-state index is -4.70. The number of carboxylic acids is 1. The van der Waals surface area contributed by atoms with E-state index in [2.05, 4.69) is 0 Å². The predicted octanol–water partition coefficient (Wildman–Crippen LogP) is 4.21. The maximum atomic E-state index is 13.8. The molecule has 0 amide bonds. The summed E-state index contributed by atoms with van der Waals surface area (Å²) in [6.45, 7) is 0. The summed E-state index contributed by atoms with van der Waals surface area (Å²) in [5, 5.41) is 9.00. The topological polar surface area (TPSA) is 37.3 Å². The van der Waals surface area contributed by atoms with E-state index in [9.17, 15) is 22.4 Å². The molecule has 2 aromatic rings. The van der Waals surface area contributed by atoms with E-state index in [1.54, 1.807) is 0 Å². The number of halogens is 4. The van der Waals surface area contributed by atoms with Crippen LogP contribution in [0.1, 0.15) is 15.9 Å². The molecule has 2 aromatic carbocycles. The summed E-state index contributed by atoms with van der Waals surface area (Å²) in [7, 11) is 0. The first-order valence-electron chi connectivity index (χ1n) is 5.51. The van der Waals surface area contributed by atoms with Crippen LogP contribution in [-0.4, -0.2) is 11.1 Å². The van der Waals surface area contributed by atoms with Crippen molar-refractivity contribution in [3.05, 3.63) is 59.4 Å². The zero-order chi connectivity index (χ0) is 14.9. The Labute approximate surface area is 111 Å². The second kappa shape index (κ2) is 4.96. The Balaban J connectivity index is 2.79. The van der Waals surface area contributed by atoms with Crippen LogP contribution >= 0.6 is 0 Å². The SMILES string of the molecule is O=C(O)c1cccc(F)c1-c1ccccc1C(F)(F)F. The standard InChI is InChI=1S/C14H8F4O2/c15-11-7-3-5-9(13(19)20)12(11)8-4-1-2-6-10(8)14(16,17)18/h1-7H,(H,19,20). The van der Waals surface area contributed by atoms with Crippen molar-refractivity contribution in [2.24, 2.45) is 0 Å². The van der Waals surface area contributed by atoms with E-state index in [-0.39, 0.29) is 0 Å². The number of aromatic carboxylic acids is 1. The maximum Gasteiger partial charge on any atom is 0.417 e. The predicted molar refractivity (Wildman–Crippen MR) is 63.8 cm³/mol. The molecule has 2 nitrogen and oxygen atoms in total. The van der Waals surface area contributed by atoms with Crippen molar-refractivity contribution in [2.75, 3.05) is 0 Å². The van der Waals surface area contributed by atoms with Gasteiger partial charge in [-0.2, -0.15) is 13.2 Å². The second-order valence-corrected chi connectivity index (χ2v) is 4.01. The highest BCUT2D eigenvalue weighted by Gasteiger charge is 2.34. The van der Waals surface area contributed by atoms with Crippen molar-refractivity contribution < 1.29 is 27.5 Å². The first-order valence-corrected chi connectivity index (χ1v) is 5.51. The van der Waals surface area contributed by atoms with E-state index in [1.807, 2.05) is 0 Å². The van der Waals surface area contributed by atoms with Crippen molar-refractivity contribution >= 4 is 5.97 Å². The normalized spacial score (nSPS) is 11.4. The van der Waals surface area contributed by atoms with Gasteiger partial charge in [-0.3, -0.25) is 0 Å². The number of benzene rings is 2. The van der Waals surface area contributed by atoms with Crippen LogP contribution in [0.15, 0.2) is 42.5 Å². The fraction of sp³-hybridized carbons (Fsp3) is 0.0714. The molecule has 0 unspecified atom stereocenters. The molecule has 20 heavy (non-hydrogen) atoms. The van der Waals surface area contributed by atoms with Gasteiger partial charge < -0.3 is 5.11 Å². The minimum absolute atomic E-state index is 0.490. The van der Waals surface area contributed by atoms with Crippen LogP contribution in [0.4, 0.5) is 17.6 Å². The Kier molecular flexibility index (Phi) is 3.48. The molecule has 2 rings (SSSR count). The molecule has 0 aliphatic heterocycles. The highest BCUT2D eigenvalue weighted by atomic mass is 19.4. The van der Waals surface area contributed by atoms with Gasteiger partial charge in [0.05, 0.1) is 11.1 Å². The molecule has 0 fully saturated rings. The zero-order valence-corrected chi connectivity index (χ0v) is 9.91. The number of hydrogen-bond donors (Lipinski definition) is 1. The van der Waals surface area contributed by atoms with Gasteiger partial charge in [-0.15, -0.1) is 0 Å². The number of carboxylic acid groups (broad SMARTS) is 1. The van der Waals surface area contributed by atoms with E-state index in [0.717, 1.165) is 36.4 Å². The van der Waals surface area contributed by atoms with Crippen LogP contribution in [0.25, 0.3) is 11.1 Å². The van der Waals surface area contributed by atoms with Gasteiger partial charge in [0.1, 0.15) is 5.82 Å². The highest BCUT2D eigenvalue weighted by Crippen LogP contribution is 2.39. The Morgan fingerprint density at radius 3 is 2.25 bits per heavy atom. The summed E-state index contributed by atoms with van der Waals surface area (Å²) < 4.78 is 52.6. The van der Waals surface area contributed by atoms with Gasteiger partial charge in [-0.05, 0) is 23.8 Å². The Hall–Kier alpha value is -2.37. The average molecular weight is 284 g/mol. The lowest BCUT2D eigenvalue weighted by Crippen LogP contribution is -2.09. The molecule has 6 heteroatoms. The monoisotopic (exact) mass is 284 g/mol. The third kappa shape index (κ3) is 2.49. The molecule has 0 bridgehead atoms. The van der Waals surface area contributed by atoms with Crippen molar-refractivity contribution in [3.8, 4) is 11.1 Å². The molecule has 0 radical (unpaired) electrons. The molecule has 0 saturated carbocycles. The summed E-state index contributed by atoms with van der Waals surface area (Å²) in [6.07, 6.45) is -4.70. The van der Waals surface area contributed by atoms with Crippen LogP contribution in [0.3, 0.4) is 0 Å². The fourth-order valence-electron chi connectivity index (χ4n) is 1.92. The Morgan fingerprint density at radius 2 is 1.65 bits per heavy atom. The second-order valence-electron chi connectivity index (χ2n) is 4.01. The van der Waals surface area contributed by atoms with Gasteiger partial charge in [-0.25, -0.2) is 9.18 Å². The van der Waals surface area contributed by atoms with E-state index < -0.39 is 40.2 Å². The lowest BCUT2D eigenvalue weighted by atomic mass is 9.94. The average Bonchev–Trinajstić information content (AvgIpc) is 2.37. The molecule has 0 saturated heterocycles. The molecule has 0 heterocycles. The molecule has 0 aromatic heterocycles. The quantitative estimate of drug-likeness (QED) is 0.839. The Bertz CT molecular complexity index is 662. The minimum Gasteiger partial charge on any atom is -0.478 e. The number of rotatable bonds is 2. The van der Waals surface area contributed by atoms with Crippen molar-refractivity contribution in [2.45, 2.75) is 6.18 Å². The zero-order valence-electron chi connectivity index (χ0n) is 9.91. The van der Waals surface area contributed by atoms with Crippen LogP contribution in [0.2, 0.25) is 0 Å². The number of alkyl halides is 3. The van der Waals surface area contributed by atoms with E-state index in [0.29, 0.717) is 0 Å². The molecular formula is C14H8F4O2. The van der Waals surface area contributed by atoms with Gasteiger partial charge in [0.15, 0.2) is 0 Å². The third-order valence-corrected chi connectivity index (χ3v) is 2.75. The molecule has 104 valence electrons. The van der Waals surface area contributed by atoms with Crippen molar-refractivity contribution in [3.63, 3.8) is 0 Å². The number of carbonyl (C=O) groups is 1. The maximum absolute atomic E-state index is 13.8. The summed E-state index contributed by atoms with van der Waals surface area (Å²) >= 11 is 0. The molecule has 1 N–H and O–H groups in total. The first kappa shape index (κ1) is 14.0. The molecule has 0 atom stereocenters. The van der Waals surface area contributed by atoms with Crippen LogP contribution in [0, 0.1) is 5.82 Å². The number of hydrogen-bond acceptors (Lipinski definition) is 1. The summed E-state index contributed by atoms with van der Waals surface area (Å²) in [5.41, 5.74) is -2.64. The van der Waals surface area contributed by atoms with E-state index >= 15 is 0 Å². The van der Waals surface area contributed by atoms with Gasteiger partial charge in [0, 0.05) is 5.56 Å². The summed E-state index contributed by atoms with van der Waals surface area (Å²) in [5.74, 6) is -2.50. The summed E-state index contributed by atoms with van der Waals surface area (Å²) in [4.78, 5) is 11.1. The van der Waals surface area contributed by atoms with Crippen molar-refractivity contribution in [1.82, 2.24) is 0 Å². The first-order chi connectivity index (χ1) is 9.32. The molecule has 0 aliphatic carbocycles. The van der Waals surface area contributed by atoms with Crippen LogP contribution in [0.5, 0.6) is 0 Å².